The van der Waals surface area contributed by atoms with E-state index >= 15 is 0 Å². The number of alkyl halides is 3. The quantitative estimate of drug-likeness (QED) is 0.424. The number of carbonyl (C=O) groups is 1. The number of hydrogen-bond donors (Lipinski definition) is 1. The van der Waals surface area contributed by atoms with Crippen molar-refractivity contribution in [1.82, 2.24) is 0 Å². The number of carbonyl (C=O) groups excluding carboxylic acids is 1. The van der Waals surface area contributed by atoms with Crippen LogP contribution in [0.2, 0.25) is 5.02 Å². The second-order valence-electron chi connectivity index (χ2n) is 8.25. The Kier molecular flexibility index (Phi) is 6.48. The molecule has 4 rings (SSSR count). The Hall–Kier alpha value is -2.84. The van der Waals surface area contributed by atoms with E-state index in [0.717, 1.165) is 29.8 Å². The molecule has 0 saturated heterocycles. The summed E-state index contributed by atoms with van der Waals surface area (Å²) in [6.45, 7) is 1.76. The third-order valence-corrected chi connectivity index (χ3v) is 8.48. The summed E-state index contributed by atoms with van der Waals surface area (Å²) >= 11 is 6.19. The van der Waals surface area contributed by atoms with Gasteiger partial charge >= 0.3 is 6.18 Å². The molecule has 1 unspecified atom stereocenters. The van der Waals surface area contributed by atoms with E-state index < -0.39 is 32.7 Å². The van der Waals surface area contributed by atoms with Crippen molar-refractivity contribution < 1.29 is 26.4 Å². The number of amides is 1. The van der Waals surface area contributed by atoms with E-state index in [0.29, 0.717) is 46.7 Å². The van der Waals surface area contributed by atoms with Crippen LogP contribution < -0.4 is 5.32 Å². The standard InChI is InChI=1S/C25H21ClF3NO3S/c1-15-4-2-6-21(26)23(15)24(31)30-18-11-8-16-5-3-7-22(20(16)14-18)34(32,33)19-12-9-17(10-13-19)25(27,28)29/h2,4,6,8-14,22H,3,5,7H2,1H3,(H,30,31). The third kappa shape index (κ3) is 4.70. The minimum atomic E-state index is -4.55. The van der Waals surface area contributed by atoms with Gasteiger partial charge in [0.25, 0.3) is 5.91 Å². The van der Waals surface area contributed by atoms with E-state index in [2.05, 4.69) is 5.32 Å². The van der Waals surface area contributed by atoms with Crippen LogP contribution in [0.4, 0.5) is 18.9 Å². The Balaban J connectivity index is 1.66. The molecule has 0 fully saturated rings. The summed E-state index contributed by atoms with van der Waals surface area (Å²) in [4.78, 5) is 12.7. The van der Waals surface area contributed by atoms with E-state index in [1.54, 1.807) is 43.3 Å². The smallest absolute Gasteiger partial charge is 0.322 e. The van der Waals surface area contributed by atoms with Crippen LogP contribution in [0.25, 0.3) is 0 Å². The second kappa shape index (κ2) is 9.07. The predicted octanol–water partition coefficient (Wildman–Crippen LogP) is 6.77. The molecular formula is C25H21ClF3NO3S. The molecule has 1 atom stereocenters. The molecule has 0 saturated carbocycles. The number of rotatable bonds is 4. The number of nitrogens with one attached hydrogen (secondary N) is 1. The minimum Gasteiger partial charge on any atom is -0.322 e. The van der Waals surface area contributed by atoms with Crippen molar-refractivity contribution in [3.63, 3.8) is 0 Å². The zero-order chi connectivity index (χ0) is 24.7. The number of benzene rings is 3. The molecule has 1 aliphatic carbocycles. The first-order valence-corrected chi connectivity index (χ1v) is 12.5. The highest BCUT2D eigenvalue weighted by Crippen LogP contribution is 2.41. The van der Waals surface area contributed by atoms with Gasteiger partial charge in [0.05, 0.1) is 26.3 Å². The van der Waals surface area contributed by atoms with Crippen LogP contribution in [0.15, 0.2) is 65.6 Å². The molecule has 3 aromatic carbocycles. The summed E-state index contributed by atoms with van der Waals surface area (Å²) in [5.74, 6) is -0.416. The topological polar surface area (TPSA) is 63.2 Å². The van der Waals surface area contributed by atoms with Gasteiger partial charge in [0, 0.05) is 5.69 Å². The lowest BCUT2D eigenvalue weighted by molar-refractivity contribution is -0.137. The normalized spacial score (nSPS) is 16.1. The average Bonchev–Trinajstić information content (AvgIpc) is 2.78. The monoisotopic (exact) mass is 507 g/mol. The molecule has 4 nitrogen and oxygen atoms in total. The molecule has 0 bridgehead atoms. The van der Waals surface area contributed by atoms with Gasteiger partial charge in [-0.15, -0.1) is 0 Å². The third-order valence-electron chi connectivity index (χ3n) is 6.00. The largest absolute Gasteiger partial charge is 0.416 e. The Bertz CT molecular complexity index is 1330. The molecule has 0 heterocycles. The molecule has 3 aromatic rings. The van der Waals surface area contributed by atoms with Gasteiger partial charge in [0.15, 0.2) is 9.84 Å². The first-order valence-electron chi connectivity index (χ1n) is 10.6. The summed E-state index contributed by atoms with van der Waals surface area (Å²) in [6, 6.07) is 13.8. The lowest BCUT2D eigenvalue weighted by atomic mass is 9.91. The summed E-state index contributed by atoms with van der Waals surface area (Å²) < 4.78 is 65.4. The van der Waals surface area contributed by atoms with E-state index in [1.807, 2.05) is 0 Å². The number of fused-ring (bicyclic) bond motifs is 1. The van der Waals surface area contributed by atoms with Gasteiger partial charge in [-0.25, -0.2) is 8.42 Å². The van der Waals surface area contributed by atoms with Crippen LogP contribution >= 0.6 is 11.6 Å². The fourth-order valence-corrected chi connectivity index (χ4v) is 6.45. The first-order chi connectivity index (χ1) is 16.0. The van der Waals surface area contributed by atoms with Crippen molar-refractivity contribution in [1.29, 1.82) is 0 Å². The van der Waals surface area contributed by atoms with Gasteiger partial charge in [0.2, 0.25) is 0 Å². The Morgan fingerprint density at radius 2 is 1.76 bits per heavy atom. The van der Waals surface area contributed by atoms with Crippen molar-refractivity contribution >= 4 is 33.0 Å². The van der Waals surface area contributed by atoms with Gasteiger partial charge in [-0.3, -0.25) is 4.79 Å². The summed E-state index contributed by atoms with van der Waals surface area (Å²) in [5, 5.41) is 2.16. The van der Waals surface area contributed by atoms with Crippen molar-refractivity contribution in [2.75, 3.05) is 5.32 Å². The van der Waals surface area contributed by atoms with Crippen molar-refractivity contribution in [2.24, 2.45) is 0 Å². The van der Waals surface area contributed by atoms with E-state index in [4.69, 9.17) is 11.6 Å². The van der Waals surface area contributed by atoms with Gasteiger partial charge in [-0.1, -0.05) is 29.8 Å². The molecule has 0 aliphatic heterocycles. The maximum Gasteiger partial charge on any atom is 0.416 e. The van der Waals surface area contributed by atoms with Crippen LogP contribution in [0.3, 0.4) is 0 Å². The average molecular weight is 508 g/mol. The van der Waals surface area contributed by atoms with E-state index in [-0.39, 0.29) is 4.90 Å². The zero-order valence-corrected chi connectivity index (χ0v) is 19.7. The van der Waals surface area contributed by atoms with Gasteiger partial charge in [-0.2, -0.15) is 13.2 Å². The second-order valence-corrected chi connectivity index (χ2v) is 10.8. The molecular weight excluding hydrogens is 487 g/mol. The van der Waals surface area contributed by atoms with Crippen LogP contribution in [0, 0.1) is 6.92 Å². The highest BCUT2D eigenvalue weighted by molar-refractivity contribution is 7.91. The Morgan fingerprint density at radius 1 is 1.06 bits per heavy atom. The highest BCUT2D eigenvalue weighted by Gasteiger charge is 2.35. The van der Waals surface area contributed by atoms with Crippen LogP contribution in [0.1, 0.15) is 50.7 Å². The number of halogens is 4. The van der Waals surface area contributed by atoms with Crippen LogP contribution in [0.5, 0.6) is 0 Å². The Morgan fingerprint density at radius 3 is 2.41 bits per heavy atom. The minimum absolute atomic E-state index is 0.167. The zero-order valence-electron chi connectivity index (χ0n) is 18.1. The van der Waals surface area contributed by atoms with Gasteiger partial charge in [-0.05, 0) is 85.3 Å². The number of hydrogen-bond acceptors (Lipinski definition) is 3. The fourth-order valence-electron chi connectivity index (χ4n) is 4.27. The van der Waals surface area contributed by atoms with Crippen molar-refractivity contribution in [3.05, 3.63) is 93.5 Å². The van der Waals surface area contributed by atoms with Gasteiger partial charge < -0.3 is 5.32 Å². The number of anilines is 1. The fraction of sp³-hybridized carbons (Fsp3) is 0.240. The molecule has 0 radical (unpaired) electrons. The maximum absolute atomic E-state index is 13.4. The lowest BCUT2D eigenvalue weighted by Crippen LogP contribution is -2.20. The first kappa shape index (κ1) is 24.3. The molecule has 9 heteroatoms. The summed E-state index contributed by atoms with van der Waals surface area (Å²) in [6.07, 6.45) is -2.92. The molecule has 34 heavy (non-hydrogen) atoms. The number of aryl methyl sites for hydroxylation is 2. The molecule has 0 aromatic heterocycles. The molecule has 178 valence electrons. The van der Waals surface area contributed by atoms with Crippen molar-refractivity contribution in [3.8, 4) is 0 Å². The van der Waals surface area contributed by atoms with E-state index in [1.165, 1.54) is 0 Å². The molecule has 0 spiro atoms. The predicted molar refractivity (Wildman–Crippen MR) is 125 cm³/mol. The van der Waals surface area contributed by atoms with E-state index in [9.17, 15) is 26.4 Å². The molecule has 1 amide bonds. The number of sulfone groups is 1. The molecule has 1 aliphatic rings. The molecule has 1 N–H and O–H groups in total. The van der Waals surface area contributed by atoms with Crippen molar-refractivity contribution in [2.45, 2.75) is 42.5 Å². The SMILES string of the molecule is Cc1cccc(Cl)c1C(=O)Nc1ccc2c(c1)C(S(=O)(=O)c1ccc(C(F)(F)F)cc1)CCC2. The maximum atomic E-state index is 13.4. The highest BCUT2D eigenvalue weighted by atomic mass is 35.5. The summed E-state index contributed by atoms with van der Waals surface area (Å²) in [7, 11) is -3.95. The summed E-state index contributed by atoms with van der Waals surface area (Å²) in [5.41, 5.74) is 1.91. The Labute approximate surface area is 200 Å². The van der Waals surface area contributed by atoms with Crippen LogP contribution in [-0.2, 0) is 22.4 Å². The van der Waals surface area contributed by atoms with Crippen LogP contribution in [-0.4, -0.2) is 14.3 Å². The van der Waals surface area contributed by atoms with Gasteiger partial charge in [0.1, 0.15) is 0 Å². The lowest BCUT2D eigenvalue weighted by Gasteiger charge is -2.26.